The van der Waals surface area contributed by atoms with Gasteiger partial charge < -0.3 is 4.74 Å². The minimum absolute atomic E-state index is 0.704. The Balaban J connectivity index is 2.04. The van der Waals surface area contributed by atoms with Crippen molar-refractivity contribution in [2.75, 3.05) is 20.4 Å². The van der Waals surface area contributed by atoms with Crippen molar-refractivity contribution in [1.82, 2.24) is 25.1 Å². The maximum absolute atomic E-state index is 5.41. The van der Waals surface area contributed by atoms with E-state index in [1.54, 1.807) is 23.6 Å². The Morgan fingerprint density at radius 3 is 2.75 bits per heavy atom. The van der Waals surface area contributed by atoms with Crippen LogP contribution in [0.5, 0.6) is 5.75 Å². The van der Waals surface area contributed by atoms with Gasteiger partial charge in [0.15, 0.2) is 5.82 Å². The number of tetrazole rings is 1. The first-order chi connectivity index (χ1) is 9.63. The lowest BCUT2D eigenvalue weighted by Crippen LogP contribution is -2.19. The van der Waals surface area contributed by atoms with Crippen molar-refractivity contribution >= 4 is 11.8 Å². The molecule has 0 fully saturated rings. The second-order valence-electron chi connectivity index (χ2n) is 4.58. The molecule has 7 heteroatoms. The zero-order chi connectivity index (χ0) is 14.5. The molecule has 2 rings (SSSR count). The van der Waals surface area contributed by atoms with Gasteiger partial charge in [0.25, 0.3) is 0 Å². The number of benzene rings is 1. The van der Waals surface area contributed by atoms with E-state index in [2.05, 4.69) is 38.6 Å². The predicted octanol–water partition coefficient (Wildman–Crippen LogP) is 1.57. The molecule has 0 N–H and O–H groups in total. The van der Waals surface area contributed by atoms with Crippen LogP contribution in [-0.2, 0) is 20.1 Å². The van der Waals surface area contributed by atoms with Crippen LogP contribution >= 0.6 is 11.8 Å². The molecule has 108 valence electrons. The molecule has 20 heavy (non-hydrogen) atoms. The Morgan fingerprint density at radius 1 is 1.35 bits per heavy atom. The lowest BCUT2D eigenvalue weighted by molar-refractivity contribution is 0.304. The summed E-state index contributed by atoms with van der Waals surface area (Å²) in [5, 5.41) is 11.5. The first kappa shape index (κ1) is 14.8. The number of aromatic nitrogens is 4. The third-order valence-corrected chi connectivity index (χ3v) is 3.80. The van der Waals surface area contributed by atoms with Crippen molar-refractivity contribution < 1.29 is 4.74 Å². The molecular weight excluding hydrogens is 274 g/mol. The number of ether oxygens (including phenoxy) is 1. The molecule has 0 aliphatic rings. The van der Waals surface area contributed by atoms with Gasteiger partial charge in [0.2, 0.25) is 0 Å². The molecule has 0 amide bonds. The number of hydrogen-bond acceptors (Lipinski definition) is 6. The fraction of sp³-hybridized carbons (Fsp3) is 0.462. The monoisotopic (exact) mass is 293 g/mol. The van der Waals surface area contributed by atoms with Gasteiger partial charge >= 0.3 is 0 Å². The molecule has 0 aliphatic heterocycles. The van der Waals surface area contributed by atoms with Gasteiger partial charge in [-0.15, -0.1) is 16.9 Å². The zero-order valence-corrected chi connectivity index (χ0v) is 13.0. The molecular formula is C13H19N5OS. The summed E-state index contributed by atoms with van der Waals surface area (Å²) in [4.78, 5) is 3.32. The van der Waals surface area contributed by atoms with E-state index >= 15 is 0 Å². The van der Waals surface area contributed by atoms with Crippen molar-refractivity contribution in [2.45, 2.75) is 18.0 Å². The topological polar surface area (TPSA) is 56.1 Å². The summed E-state index contributed by atoms with van der Waals surface area (Å²) in [6.07, 6.45) is 2.05. The minimum Gasteiger partial charge on any atom is -0.496 e. The summed E-state index contributed by atoms with van der Waals surface area (Å²) in [7, 11) is 5.59. The van der Waals surface area contributed by atoms with Gasteiger partial charge in [-0.3, -0.25) is 4.90 Å². The average Bonchev–Trinajstić information content (AvgIpc) is 2.84. The summed E-state index contributed by atoms with van der Waals surface area (Å²) in [6, 6.07) is 6.30. The molecule has 0 spiro atoms. The lowest BCUT2D eigenvalue weighted by Gasteiger charge is -2.16. The first-order valence-electron chi connectivity index (χ1n) is 6.24. The van der Waals surface area contributed by atoms with E-state index in [9.17, 15) is 0 Å². The lowest BCUT2D eigenvalue weighted by atomic mass is 10.2. The largest absolute Gasteiger partial charge is 0.496 e. The van der Waals surface area contributed by atoms with Crippen molar-refractivity contribution in [3.63, 3.8) is 0 Å². The number of aryl methyl sites for hydroxylation is 1. The van der Waals surface area contributed by atoms with Gasteiger partial charge in [0, 0.05) is 18.5 Å². The van der Waals surface area contributed by atoms with E-state index in [0.717, 1.165) is 23.0 Å². The third kappa shape index (κ3) is 3.49. The molecule has 1 aromatic heterocycles. The second kappa shape index (κ2) is 6.71. The van der Waals surface area contributed by atoms with Crippen LogP contribution in [0.15, 0.2) is 23.1 Å². The average molecular weight is 293 g/mol. The van der Waals surface area contributed by atoms with Crippen LogP contribution in [-0.4, -0.2) is 45.5 Å². The Hall–Kier alpha value is -1.60. The highest BCUT2D eigenvalue weighted by Gasteiger charge is 2.09. The molecule has 2 aromatic rings. The molecule has 1 aromatic carbocycles. The van der Waals surface area contributed by atoms with Gasteiger partial charge in [-0.25, -0.2) is 4.68 Å². The summed E-state index contributed by atoms with van der Waals surface area (Å²) in [5.41, 5.74) is 1.21. The standard InChI is InChI=1S/C13H19N5OS/c1-17(9-13-14-15-16-18(13)2)8-10-5-6-12(20-4)11(7-10)19-3/h5-7H,8-9H2,1-4H3. The number of thioether (sulfide) groups is 1. The molecule has 0 radical (unpaired) electrons. The van der Waals surface area contributed by atoms with Gasteiger partial charge in [0.05, 0.1) is 13.7 Å². The zero-order valence-electron chi connectivity index (χ0n) is 12.2. The molecule has 0 saturated heterocycles. The van der Waals surface area contributed by atoms with Crippen molar-refractivity contribution in [3.8, 4) is 5.75 Å². The third-order valence-electron chi connectivity index (χ3n) is 3.02. The van der Waals surface area contributed by atoms with E-state index in [1.807, 2.05) is 20.4 Å². The minimum atomic E-state index is 0.704. The summed E-state index contributed by atoms with van der Waals surface area (Å²) < 4.78 is 7.10. The molecule has 0 bridgehead atoms. The van der Waals surface area contributed by atoms with E-state index in [1.165, 1.54) is 5.56 Å². The Labute approximate surface area is 123 Å². The number of hydrogen-bond donors (Lipinski definition) is 0. The number of methoxy groups -OCH3 is 1. The maximum atomic E-state index is 5.41. The summed E-state index contributed by atoms with van der Waals surface area (Å²) in [6.45, 7) is 1.52. The van der Waals surface area contributed by atoms with Crippen LogP contribution in [0.25, 0.3) is 0 Å². The fourth-order valence-electron chi connectivity index (χ4n) is 1.97. The van der Waals surface area contributed by atoms with E-state index < -0.39 is 0 Å². The van der Waals surface area contributed by atoms with E-state index in [0.29, 0.717) is 6.54 Å². The van der Waals surface area contributed by atoms with Gasteiger partial charge in [-0.1, -0.05) is 6.07 Å². The van der Waals surface area contributed by atoms with Crippen molar-refractivity contribution in [2.24, 2.45) is 7.05 Å². The van der Waals surface area contributed by atoms with Gasteiger partial charge in [0.1, 0.15) is 5.75 Å². The number of nitrogens with zero attached hydrogens (tertiary/aromatic N) is 5. The van der Waals surface area contributed by atoms with Crippen molar-refractivity contribution in [3.05, 3.63) is 29.6 Å². The predicted molar refractivity (Wildman–Crippen MR) is 78.7 cm³/mol. The molecule has 0 aliphatic carbocycles. The highest BCUT2D eigenvalue weighted by atomic mass is 32.2. The molecule has 0 unspecified atom stereocenters. The van der Waals surface area contributed by atoms with Gasteiger partial charge in [-0.05, 0) is 41.4 Å². The van der Waals surface area contributed by atoms with Crippen LogP contribution in [0.1, 0.15) is 11.4 Å². The fourth-order valence-corrected chi connectivity index (χ4v) is 2.52. The molecule has 0 saturated carbocycles. The Morgan fingerprint density at radius 2 is 2.15 bits per heavy atom. The van der Waals surface area contributed by atoms with Crippen molar-refractivity contribution in [1.29, 1.82) is 0 Å². The maximum Gasteiger partial charge on any atom is 0.164 e. The first-order valence-corrected chi connectivity index (χ1v) is 7.47. The Kier molecular flexibility index (Phi) is 4.97. The van der Waals surface area contributed by atoms with E-state index in [4.69, 9.17) is 4.74 Å². The van der Waals surface area contributed by atoms with Gasteiger partial charge in [-0.2, -0.15) is 0 Å². The quantitative estimate of drug-likeness (QED) is 0.754. The van der Waals surface area contributed by atoms with Crippen LogP contribution in [0, 0.1) is 0 Å². The van der Waals surface area contributed by atoms with Crippen LogP contribution in [0.2, 0.25) is 0 Å². The Bertz CT molecular complexity index is 572. The summed E-state index contributed by atoms with van der Waals surface area (Å²) >= 11 is 1.68. The van der Waals surface area contributed by atoms with Crippen LogP contribution in [0.4, 0.5) is 0 Å². The highest BCUT2D eigenvalue weighted by Crippen LogP contribution is 2.28. The summed E-state index contributed by atoms with van der Waals surface area (Å²) in [5.74, 6) is 1.77. The molecule has 0 atom stereocenters. The molecule has 1 heterocycles. The normalized spacial score (nSPS) is 11.1. The highest BCUT2D eigenvalue weighted by molar-refractivity contribution is 7.98. The SMILES string of the molecule is COc1cc(CN(C)Cc2nnnn2C)ccc1SC. The van der Waals surface area contributed by atoms with E-state index in [-0.39, 0.29) is 0 Å². The number of rotatable bonds is 6. The molecule has 6 nitrogen and oxygen atoms in total. The smallest absolute Gasteiger partial charge is 0.164 e. The van der Waals surface area contributed by atoms with Crippen LogP contribution < -0.4 is 4.74 Å². The second-order valence-corrected chi connectivity index (χ2v) is 5.43. The van der Waals surface area contributed by atoms with Crippen LogP contribution in [0.3, 0.4) is 0 Å².